The molecule has 0 saturated heterocycles. The molecule has 2 aliphatic heterocycles. The molecule has 3 heterocycles. The Labute approximate surface area is 212 Å². The van der Waals surface area contributed by atoms with Crippen LogP contribution in [0, 0.1) is 11.7 Å². The molecule has 0 N–H and O–H groups in total. The van der Waals surface area contributed by atoms with Gasteiger partial charge >= 0.3 is 12.7 Å². The first-order valence-corrected chi connectivity index (χ1v) is 12.5. The van der Waals surface area contributed by atoms with E-state index in [4.69, 9.17) is 14.5 Å². The number of amides is 1. The molecule has 1 aromatic heterocycles. The molecule has 3 aromatic rings. The number of aromatic nitrogens is 2. The van der Waals surface area contributed by atoms with Gasteiger partial charge in [-0.05, 0) is 57.2 Å². The summed E-state index contributed by atoms with van der Waals surface area (Å²) in [7, 11) is 0. The number of alkyl halides is 2. The Hall–Kier alpha value is -3.49. The van der Waals surface area contributed by atoms with Gasteiger partial charge in [0.1, 0.15) is 23.0 Å². The molecule has 2 aromatic carbocycles. The highest BCUT2D eigenvalue weighted by molar-refractivity contribution is 5.84. The normalized spacial score (nSPS) is 22.6. The smallest absolute Gasteiger partial charge is 0.410 e. The molecule has 1 fully saturated rings. The number of para-hydroxylation sites is 1. The lowest BCUT2D eigenvalue weighted by Crippen LogP contribution is -2.39. The van der Waals surface area contributed by atoms with Crippen LogP contribution in [0.5, 0.6) is 5.75 Å². The molecule has 6 rings (SSSR count). The Morgan fingerprint density at radius 2 is 1.97 bits per heavy atom. The molecule has 0 spiro atoms. The number of benzene rings is 2. The maximum Gasteiger partial charge on any atom is 0.410 e. The molecule has 1 amide bonds. The summed E-state index contributed by atoms with van der Waals surface area (Å²) < 4.78 is 53.9. The van der Waals surface area contributed by atoms with Crippen LogP contribution in [-0.2, 0) is 4.74 Å². The van der Waals surface area contributed by atoms with Gasteiger partial charge in [-0.3, -0.25) is 0 Å². The van der Waals surface area contributed by atoms with Crippen molar-refractivity contribution in [2.75, 3.05) is 13.1 Å². The van der Waals surface area contributed by atoms with Gasteiger partial charge in [0.15, 0.2) is 0 Å². The van der Waals surface area contributed by atoms with Crippen molar-refractivity contribution in [3.8, 4) is 5.75 Å². The molecular formula is C28H28F3N3O3. The summed E-state index contributed by atoms with van der Waals surface area (Å²) >= 11 is 0. The number of halogens is 3. The summed E-state index contributed by atoms with van der Waals surface area (Å²) in [5.74, 6) is 1.12. The summed E-state index contributed by atoms with van der Waals surface area (Å²) in [5, 5.41) is 0. The topological polar surface area (TPSA) is 56.6 Å². The highest BCUT2D eigenvalue weighted by atomic mass is 19.3. The van der Waals surface area contributed by atoms with Crippen LogP contribution in [0.3, 0.4) is 0 Å². The van der Waals surface area contributed by atoms with E-state index in [2.05, 4.69) is 4.57 Å². The average Bonchev–Trinajstić information content (AvgIpc) is 3.43. The van der Waals surface area contributed by atoms with Crippen LogP contribution in [0.2, 0.25) is 0 Å². The van der Waals surface area contributed by atoms with Crippen molar-refractivity contribution in [1.29, 1.82) is 0 Å². The highest BCUT2D eigenvalue weighted by Gasteiger charge is 2.55. The third-order valence-electron chi connectivity index (χ3n) is 7.32. The Bertz CT molecular complexity index is 1430. The number of rotatable bonds is 4. The first kappa shape index (κ1) is 23.9. The minimum Gasteiger partial charge on any atom is -0.444 e. The standard InChI is InChI=1S/C28H28F3N3O3/c1-28(2,3)37-27(35)33-10-8-15(9-11-33)17-13-22-21(14-20(17)29)32-25-19-12-18(19)24(34(22)25)16-6-4-5-7-23(16)36-26(30)31/h4-8,13-14,18-19,24,26H,9-12H2,1-3H3/t18?,19-,24+/m1/s1. The molecule has 1 saturated carbocycles. The lowest BCUT2D eigenvalue weighted by Gasteiger charge is -2.29. The number of carbonyl (C=O) groups is 1. The number of carbonyl (C=O) groups excluding carboxylic acids is 1. The number of hydrogen-bond donors (Lipinski definition) is 0. The highest BCUT2D eigenvalue weighted by Crippen LogP contribution is 2.63. The fourth-order valence-electron chi connectivity index (χ4n) is 5.69. The van der Waals surface area contributed by atoms with Crippen molar-refractivity contribution >= 4 is 22.7 Å². The average molecular weight is 512 g/mol. The van der Waals surface area contributed by atoms with Gasteiger partial charge in [-0.1, -0.05) is 24.3 Å². The number of fused-ring (bicyclic) bond motifs is 5. The molecule has 6 nitrogen and oxygen atoms in total. The van der Waals surface area contributed by atoms with Crippen molar-refractivity contribution in [2.45, 2.75) is 57.8 Å². The number of imidazole rings is 1. The lowest BCUT2D eigenvalue weighted by atomic mass is 9.97. The summed E-state index contributed by atoms with van der Waals surface area (Å²) in [6.45, 7) is 3.29. The van der Waals surface area contributed by atoms with E-state index >= 15 is 4.39 Å². The quantitative estimate of drug-likeness (QED) is 0.401. The van der Waals surface area contributed by atoms with Crippen LogP contribution in [0.25, 0.3) is 16.6 Å². The van der Waals surface area contributed by atoms with Gasteiger partial charge in [0.05, 0.1) is 17.1 Å². The summed E-state index contributed by atoms with van der Waals surface area (Å²) in [6, 6.07) is 9.93. The predicted octanol–water partition coefficient (Wildman–Crippen LogP) is 6.51. The van der Waals surface area contributed by atoms with E-state index in [1.165, 1.54) is 6.07 Å². The fourth-order valence-corrected chi connectivity index (χ4v) is 5.69. The van der Waals surface area contributed by atoms with E-state index in [-0.39, 0.29) is 35.5 Å². The second-order valence-corrected chi connectivity index (χ2v) is 10.9. The Morgan fingerprint density at radius 3 is 2.68 bits per heavy atom. The largest absolute Gasteiger partial charge is 0.444 e. The second kappa shape index (κ2) is 8.53. The van der Waals surface area contributed by atoms with Crippen molar-refractivity contribution in [3.63, 3.8) is 0 Å². The van der Waals surface area contributed by atoms with E-state index in [0.29, 0.717) is 36.2 Å². The molecule has 9 heteroatoms. The van der Waals surface area contributed by atoms with Crippen LogP contribution < -0.4 is 4.74 Å². The minimum atomic E-state index is -2.92. The van der Waals surface area contributed by atoms with Crippen molar-refractivity contribution in [3.05, 3.63) is 65.2 Å². The predicted molar refractivity (Wildman–Crippen MR) is 132 cm³/mol. The third-order valence-corrected chi connectivity index (χ3v) is 7.32. The molecule has 0 radical (unpaired) electrons. The first-order chi connectivity index (χ1) is 17.6. The van der Waals surface area contributed by atoms with Crippen LogP contribution >= 0.6 is 0 Å². The molecule has 1 unspecified atom stereocenters. The second-order valence-electron chi connectivity index (χ2n) is 10.9. The van der Waals surface area contributed by atoms with Crippen molar-refractivity contribution in [1.82, 2.24) is 14.5 Å². The first-order valence-electron chi connectivity index (χ1n) is 12.5. The number of hydrogen-bond acceptors (Lipinski definition) is 4. The van der Waals surface area contributed by atoms with Crippen LogP contribution in [0.15, 0.2) is 42.5 Å². The van der Waals surface area contributed by atoms with Gasteiger partial charge in [-0.2, -0.15) is 8.78 Å². The van der Waals surface area contributed by atoms with E-state index in [1.54, 1.807) is 17.0 Å². The zero-order valence-corrected chi connectivity index (χ0v) is 20.9. The van der Waals surface area contributed by atoms with E-state index < -0.39 is 12.2 Å². The maximum absolute atomic E-state index is 15.3. The lowest BCUT2D eigenvalue weighted by molar-refractivity contribution is -0.0507. The van der Waals surface area contributed by atoms with Crippen molar-refractivity contribution in [2.24, 2.45) is 5.92 Å². The SMILES string of the molecule is CC(C)(C)OC(=O)N1CC=C(c2cc3c(cc2F)nc2n3[C@@H](c3ccccc3OC(F)F)C3C[C@@H]23)CC1. The summed E-state index contributed by atoms with van der Waals surface area (Å²) in [6.07, 6.45) is 2.87. The molecule has 3 aliphatic rings. The molecular weight excluding hydrogens is 483 g/mol. The number of ether oxygens (including phenoxy) is 2. The maximum atomic E-state index is 15.3. The van der Waals surface area contributed by atoms with Gasteiger partial charge < -0.3 is 18.9 Å². The number of nitrogens with zero attached hydrogens (tertiary/aromatic N) is 3. The van der Waals surface area contributed by atoms with Crippen LogP contribution in [-0.4, -0.2) is 45.8 Å². The van der Waals surface area contributed by atoms with Gasteiger partial charge in [-0.15, -0.1) is 0 Å². The monoisotopic (exact) mass is 511 g/mol. The Kier molecular flexibility index (Phi) is 5.51. The van der Waals surface area contributed by atoms with Gasteiger partial charge in [0, 0.05) is 36.2 Å². The van der Waals surface area contributed by atoms with Gasteiger partial charge in [-0.25, -0.2) is 14.2 Å². The van der Waals surface area contributed by atoms with E-state index in [0.717, 1.165) is 23.3 Å². The summed E-state index contributed by atoms with van der Waals surface area (Å²) in [5.41, 5.74) is 2.70. The minimum absolute atomic E-state index is 0.155. The van der Waals surface area contributed by atoms with Crippen LogP contribution in [0.4, 0.5) is 18.0 Å². The molecule has 37 heavy (non-hydrogen) atoms. The van der Waals surface area contributed by atoms with E-state index in [9.17, 15) is 13.6 Å². The zero-order valence-electron chi connectivity index (χ0n) is 20.9. The molecule has 3 atom stereocenters. The van der Waals surface area contributed by atoms with Crippen LogP contribution in [0.1, 0.15) is 62.5 Å². The third kappa shape index (κ3) is 4.24. The summed E-state index contributed by atoms with van der Waals surface area (Å²) in [4.78, 5) is 18.8. The molecule has 194 valence electrons. The Morgan fingerprint density at radius 1 is 1.19 bits per heavy atom. The fraction of sp³-hybridized carbons (Fsp3) is 0.429. The van der Waals surface area contributed by atoms with Gasteiger partial charge in [0.25, 0.3) is 0 Å². The Balaban J connectivity index is 1.36. The van der Waals surface area contributed by atoms with Gasteiger partial charge in [0.2, 0.25) is 0 Å². The zero-order chi connectivity index (χ0) is 26.1. The van der Waals surface area contributed by atoms with Crippen molar-refractivity contribution < 1.29 is 27.4 Å². The molecule has 1 aliphatic carbocycles. The molecule has 0 bridgehead atoms. The van der Waals surface area contributed by atoms with E-state index in [1.807, 2.05) is 45.0 Å².